The number of hydrogen-bond acceptors (Lipinski definition) is 3. The van der Waals surface area contributed by atoms with E-state index in [2.05, 4.69) is 21.2 Å². The van der Waals surface area contributed by atoms with Gasteiger partial charge in [0.1, 0.15) is 0 Å². The maximum absolute atomic E-state index is 9.38. The Morgan fingerprint density at radius 1 is 1.50 bits per heavy atom. The van der Waals surface area contributed by atoms with E-state index in [1.807, 2.05) is 24.3 Å². The Bertz CT molecular complexity index is 340. The monoisotopic (exact) mass is 285 g/mol. The van der Waals surface area contributed by atoms with Gasteiger partial charge in [0.15, 0.2) is 0 Å². The zero-order valence-electron chi connectivity index (χ0n) is 9.03. The van der Waals surface area contributed by atoms with Crippen LogP contribution in [0.5, 0.6) is 0 Å². The molecule has 1 saturated heterocycles. The molecule has 0 aliphatic carbocycles. The summed E-state index contributed by atoms with van der Waals surface area (Å²) in [5.41, 5.74) is 0.997. The molecular formula is C12H16BrNO2. The average Bonchev–Trinajstić information content (AvgIpc) is 2.81. The van der Waals surface area contributed by atoms with Crippen molar-refractivity contribution in [3.63, 3.8) is 0 Å². The van der Waals surface area contributed by atoms with Gasteiger partial charge in [0.2, 0.25) is 0 Å². The second-order valence-electron chi connectivity index (χ2n) is 3.96. The van der Waals surface area contributed by atoms with Crippen LogP contribution < -0.4 is 5.32 Å². The van der Waals surface area contributed by atoms with Crippen molar-refractivity contribution < 1.29 is 9.84 Å². The minimum absolute atomic E-state index is 0.0267. The highest BCUT2D eigenvalue weighted by Gasteiger charge is 2.25. The number of halogens is 1. The molecule has 0 bridgehead atoms. The van der Waals surface area contributed by atoms with Crippen molar-refractivity contribution in [2.45, 2.75) is 25.0 Å². The average molecular weight is 286 g/mol. The number of nitrogens with one attached hydrogen (secondary N) is 1. The van der Waals surface area contributed by atoms with E-state index in [-0.39, 0.29) is 18.8 Å². The first kappa shape index (κ1) is 11.9. The van der Waals surface area contributed by atoms with Gasteiger partial charge in [0.25, 0.3) is 0 Å². The lowest BCUT2D eigenvalue weighted by atomic mass is 10.1. The molecule has 1 aliphatic rings. The van der Waals surface area contributed by atoms with Gasteiger partial charge in [-0.1, -0.05) is 12.1 Å². The molecule has 4 heteroatoms. The summed E-state index contributed by atoms with van der Waals surface area (Å²) in [4.78, 5) is 0. The van der Waals surface area contributed by atoms with Gasteiger partial charge in [-0.3, -0.25) is 0 Å². The van der Waals surface area contributed by atoms with Gasteiger partial charge in [-0.05, 0) is 40.9 Å². The molecule has 1 heterocycles. The maximum Gasteiger partial charge on any atom is 0.0799 e. The Hall–Kier alpha value is -0.580. The van der Waals surface area contributed by atoms with Gasteiger partial charge in [0.05, 0.1) is 18.8 Å². The zero-order chi connectivity index (χ0) is 11.4. The summed E-state index contributed by atoms with van der Waals surface area (Å²) < 4.78 is 6.59. The Morgan fingerprint density at radius 2 is 2.31 bits per heavy atom. The first-order chi connectivity index (χ1) is 7.81. The quantitative estimate of drug-likeness (QED) is 0.893. The van der Waals surface area contributed by atoms with E-state index in [9.17, 15) is 5.11 Å². The van der Waals surface area contributed by atoms with Crippen LogP contribution in [0.15, 0.2) is 28.7 Å². The van der Waals surface area contributed by atoms with Crippen LogP contribution in [-0.4, -0.2) is 30.5 Å². The number of ether oxygens (including phenoxy) is 1. The van der Waals surface area contributed by atoms with Crippen molar-refractivity contribution in [1.29, 1.82) is 0 Å². The molecule has 0 saturated carbocycles. The number of rotatable bonds is 4. The Labute approximate surface area is 104 Å². The van der Waals surface area contributed by atoms with Gasteiger partial charge in [-0.15, -0.1) is 0 Å². The molecule has 2 atom stereocenters. The van der Waals surface area contributed by atoms with Crippen LogP contribution in [0, 0.1) is 0 Å². The second-order valence-corrected chi connectivity index (χ2v) is 4.82. The van der Waals surface area contributed by atoms with E-state index in [0.717, 1.165) is 29.6 Å². The molecule has 2 N–H and O–H groups in total. The lowest BCUT2D eigenvalue weighted by Gasteiger charge is -2.23. The van der Waals surface area contributed by atoms with Crippen molar-refractivity contribution in [2.75, 3.05) is 18.5 Å². The number of aliphatic hydroxyl groups excluding tert-OH is 1. The van der Waals surface area contributed by atoms with Crippen LogP contribution in [0.25, 0.3) is 0 Å². The summed E-state index contributed by atoms with van der Waals surface area (Å²) in [7, 11) is 0. The number of hydrogen-bond donors (Lipinski definition) is 2. The van der Waals surface area contributed by atoms with Gasteiger partial charge >= 0.3 is 0 Å². The van der Waals surface area contributed by atoms with Gasteiger partial charge in [-0.25, -0.2) is 0 Å². The lowest BCUT2D eigenvalue weighted by Crippen LogP contribution is -2.36. The lowest BCUT2D eigenvalue weighted by molar-refractivity contribution is 0.0758. The second kappa shape index (κ2) is 5.66. The molecule has 1 aromatic rings. The minimum atomic E-state index is -0.0267. The maximum atomic E-state index is 9.38. The van der Waals surface area contributed by atoms with Crippen LogP contribution in [0.3, 0.4) is 0 Å². The first-order valence-electron chi connectivity index (χ1n) is 5.55. The van der Waals surface area contributed by atoms with Gasteiger partial charge < -0.3 is 15.2 Å². The molecule has 0 aromatic heterocycles. The number of benzene rings is 1. The topological polar surface area (TPSA) is 41.5 Å². The molecule has 3 nitrogen and oxygen atoms in total. The highest BCUT2D eigenvalue weighted by Crippen LogP contribution is 2.24. The zero-order valence-corrected chi connectivity index (χ0v) is 10.6. The summed E-state index contributed by atoms with van der Waals surface area (Å²) in [5.74, 6) is 0. The molecule has 2 rings (SSSR count). The van der Waals surface area contributed by atoms with Crippen molar-refractivity contribution in [2.24, 2.45) is 0 Å². The Balaban J connectivity index is 2.03. The summed E-state index contributed by atoms with van der Waals surface area (Å²) in [6.07, 6.45) is 2.22. The molecule has 1 aliphatic heterocycles. The Morgan fingerprint density at radius 3 is 2.94 bits per heavy atom. The van der Waals surface area contributed by atoms with E-state index in [1.165, 1.54) is 0 Å². The molecule has 0 amide bonds. The van der Waals surface area contributed by atoms with Crippen molar-refractivity contribution in [3.05, 3.63) is 28.7 Å². The van der Waals surface area contributed by atoms with E-state index >= 15 is 0 Å². The number of para-hydroxylation sites is 1. The fraction of sp³-hybridized carbons (Fsp3) is 0.500. The fourth-order valence-corrected chi connectivity index (χ4v) is 2.35. The minimum Gasteiger partial charge on any atom is -0.394 e. The first-order valence-corrected chi connectivity index (χ1v) is 6.34. The Kier molecular flexibility index (Phi) is 4.21. The molecule has 0 radical (unpaired) electrons. The van der Waals surface area contributed by atoms with Crippen LogP contribution in [0.4, 0.5) is 5.69 Å². The predicted octanol–water partition coefficient (Wildman–Crippen LogP) is 2.40. The summed E-state index contributed by atoms with van der Waals surface area (Å²) in [6, 6.07) is 7.88. The van der Waals surface area contributed by atoms with Crippen molar-refractivity contribution in [3.8, 4) is 0 Å². The molecule has 1 aromatic carbocycles. The van der Waals surface area contributed by atoms with Crippen LogP contribution in [0.2, 0.25) is 0 Å². The molecule has 88 valence electrons. The summed E-state index contributed by atoms with van der Waals surface area (Å²) in [5, 5.41) is 12.7. The van der Waals surface area contributed by atoms with E-state index in [0.29, 0.717) is 0 Å². The van der Waals surface area contributed by atoms with Crippen LogP contribution in [0.1, 0.15) is 12.8 Å². The van der Waals surface area contributed by atoms with Crippen LogP contribution in [-0.2, 0) is 4.74 Å². The smallest absolute Gasteiger partial charge is 0.0799 e. The molecule has 0 spiro atoms. The SMILES string of the molecule is OCC(Nc1ccccc1Br)C1CCCO1. The highest BCUT2D eigenvalue weighted by molar-refractivity contribution is 9.10. The van der Waals surface area contributed by atoms with Crippen molar-refractivity contribution >= 4 is 21.6 Å². The van der Waals surface area contributed by atoms with E-state index in [4.69, 9.17) is 4.74 Å². The van der Waals surface area contributed by atoms with Gasteiger partial charge in [0, 0.05) is 16.8 Å². The fourth-order valence-electron chi connectivity index (χ4n) is 1.95. The van der Waals surface area contributed by atoms with Gasteiger partial charge in [-0.2, -0.15) is 0 Å². The predicted molar refractivity (Wildman–Crippen MR) is 67.6 cm³/mol. The third-order valence-corrected chi connectivity index (χ3v) is 3.52. The third kappa shape index (κ3) is 2.75. The third-order valence-electron chi connectivity index (χ3n) is 2.83. The normalized spacial score (nSPS) is 22.0. The van der Waals surface area contributed by atoms with Crippen molar-refractivity contribution in [1.82, 2.24) is 0 Å². The highest BCUT2D eigenvalue weighted by atomic mass is 79.9. The van der Waals surface area contributed by atoms with E-state index < -0.39 is 0 Å². The summed E-state index contributed by atoms with van der Waals surface area (Å²) >= 11 is 3.48. The van der Waals surface area contributed by atoms with E-state index in [1.54, 1.807) is 0 Å². The number of anilines is 1. The molecule has 2 unspecified atom stereocenters. The molecule has 16 heavy (non-hydrogen) atoms. The standard InChI is InChI=1S/C12H16BrNO2/c13-9-4-1-2-5-10(9)14-11(8-15)12-6-3-7-16-12/h1-2,4-5,11-12,14-15H,3,6-8H2. The summed E-state index contributed by atoms with van der Waals surface area (Å²) in [6.45, 7) is 0.894. The molecular weight excluding hydrogens is 270 g/mol. The van der Waals surface area contributed by atoms with Crippen LogP contribution >= 0.6 is 15.9 Å². The largest absolute Gasteiger partial charge is 0.394 e. The molecule has 1 fully saturated rings. The number of aliphatic hydroxyl groups is 1.